The van der Waals surface area contributed by atoms with Gasteiger partial charge in [0.25, 0.3) is 0 Å². The molecule has 1 aromatic carbocycles. The van der Waals surface area contributed by atoms with Gasteiger partial charge in [0.15, 0.2) is 0 Å². The summed E-state index contributed by atoms with van der Waals surface area (Å²) in [5.41, 5.74) is 1.34. The van der Waals surface area contributed by atoms with E-state index in [1.54, 1.807) is 7.11 Å². The first-order valence-corrected chi connectivity index (χ1v) is 6.10. The molecule has 0 aromatic heterocycles. The Morgan fingerprint density at radius 1 is 1.31 bits per heavy atom. The molecule has 2 atom stereocenters. The van der Waals surface area contributed by atoms with Crippen LogP contribution < -0.4 is 10.1 Å². The number of nitrogens with one attached hydrogen (secondary N) is 1. The number of hydrogen-bond donors (Lipinski definition) is 1. The van der Waals surface area contributed by atoms with E-state index in [-0.39, 0.29) is 0 Å². The number of hydrogen-bond acceptors (Lipinski definition) is 2. The van der Waals surface area contributed by atoms with Crippen LogP contribution in [0.4, 0.5) is 0 Å². The lowest BCUT2D eigenvalue weighted by atomic mass is 9.91. The summed E-state index contributed by atoms with van der Waals surface area (Å²) in [6, 6.07) is 8.89. The second-order valence-corrected chi connectivity index (χ2v) is 4.14. The highest BCUT2D eigenvalue weighted by Crippen LogP contribution is 2.24. The lowest BCUT2D eigenvalue weighted by Crippen LogP contribution is -2.32. The number of benzene rings is 1. The third kappa shape index (κ3) is 3.24. The highest BCUT2D eigenvalue weighted by Gasteiger charge is 2.16. The number of likely N-dealkylation sites (N-methyl/N-ethyl adjacent to an activating group) is 1. The van der Waals surface area contributed by atoms with E-state index in [1.165, 1.54) is 5.56 Å². The summed E-state index contributed by atoms with van der Waals surface area (Å²) >= 11 is 0. The summed E-state index contributed by atoms with van der Waals surface area (Å²) in [7, 11) is 1.71. The fourth-order valence-corrected chi connectivity index (χ4v) is 2.09. The van der Waals surface area contributed by atoms with Crippen LogP contribution in [0.1, 0.15) is 38.7 Å². The molecule has 1 rings (SSSR count). The van der Waals surface area contributed by atoms with Crippen LogP contribution in [0.25, 0.3) is 0 Å². The van der Waals surface area contributed by atoms with Gasteiger partial charge in [0.2, 0.25) is 0 Å². The molecule has 0 heterocycles. The second kappa shape index (κ2) is 6.54. The van der Waals surface area contributed by atoms with Crippen molar-refractivity contribution < 1.29 is 4.74 Å². The molecule has 0 radical (unpaired) electrons. The van der Waals surface area contributed by atoms with Crippen molar-refractivity contribution in [3.8, 4) is 5.75 Å². The van der Waals surface area contributed by atoms with Crippen molar-refractivity contribution in [1.29, 1.82) is 0 Å². The Morgan fingerprint density at radius 3 is 2.62 bits per heavy atom. The maximum atomic E-state index is 5.26. The van der Waals surface area contributed by atoms with Gasteiger partial charge in [-0.25, -0.2) is 0 Å². The van der Waals surface area contributed by atoms with Crippen LogP contribution >= 0.6 is 0 Å². The Morgan fingerprint density at radius 2 is 2.06 bits per heavy atom. The smallest absolute Gasteiger partial charge is 0.119 e. The highest BCUT2D eigenvalue weighted by molar-refractivity contribution is 5.31. The summed E-state index contributed by atoms with van der Waals surface area (Å²) in [6.45, 7) is 7.67. The van der Waals surface area contributed by atoms with E-state index in [0.29, 0.717) is 12.0 Å². The van der Waals surface area contributed by atoms with Gasteiger partial charge in [-0.3, -0.25) is 0 Å². The van der Waals surface area contributed by atoms with Crippen LogP contribution in [0, 0.1) is 0 Å². The SMILES string of the molecule is CCNC(CC)C(C)c1cccc(OC)c1. The van der Waals surface area contributed by atoms with Crippen molar-refractivity contribution in [1.82, 2.24) is 5.32 Å². The van der Waals surface area contributed by atoms with Gasteiger partial charge in [-0.1, -0.05) is 32.9 Å². The Labute approximate surface area is 99.0 Å². The molecule has 0 saturated heterocycles. The normalized spacial score (nSPS) is 14.5. The Bertz CT molecular complexity index is 311. The predicted octanol–water partition coefficient (Wildman–Crippen LogP) is 3.19. The van der Waals surface area contributed by atoms with Crippen molar-refractivity contribution in [2.24, 2.45) is 0 Å². The molecule has 90 valence electrons. The molecule has 0 fully saturated rings. The van der Waals surface area contributed by atoms with Gasteiger partial charge in [0, 0.05) is 6.04 Å². The quantitative estimate of drug-likeness (QED) is 0.796. The van der Waals surface area contributed by atoms with Gasteiger partial charge in [-0.05, 0) is 36.6 Å². The zero-order valence-electron chi connectivity index (χ0n) is 10.8. The summed E-state index contributed by atoms with van der Waals surface area (Å²) < 4.78 is 5.26. The van der Waals surface area contributed by atoms with Crippen molar-refractivity contribution in [2.45, 2.75) is 39.2 Å². The van der Waals surface area contributed by atoms with Crippen LogP contribution in [-0.2, 0) is 0 Å². The van der Waals surface area contributed by atoms with Crippen LogP contribution in [-0.4, -0.2) is 19.7 Å². The maximum absolute atomic E-state index is 5.26. The Kier molecular flexibility index (Phi) is 5.33. The summed E-state index contributed by atoms with van der Waals surface area (Å²) in [6.07, 6.45) is 1.15. The maximum Gasteiger partial charge on any atom is 0.119 e. The molecule has 2 heteroatoms. The predicted molar refractivity (Wildman–Crippen MR) is 69.2 cm³/mol. The molecule has 0 aliphatic carbocycles. The van der Waals surface area contributed by atoms with Crippen LogP contribution in [0.3, 0.4) is 0 Å². The lowest BCUT2D eigenvalue weighted by Gasteiger charge is -2.24. The first-order chi connectivity index (χ1) is 7.72. The second-order valence-electron chi connectivity index (χ2n) is 4.14. The third-order valence-corrected chi connectivity index (χ3v) is 3.13. The third-order valence-electron chi connectivity index (χ3n) is 3.13. The fraction of sp³-hybridized carbons (Fsp3) is 0.571. The minimum atomic E-state index is 0.514. The first kappa shape index (κ1) is 13.0. The molecule has 0 bridgehead atoms. The topological polar surface area (TPSA) is 21.3 Å². The number of rotatable bonds is 6. The molecule has 0 spiro atoms. The minimum Gasteiger partial charge on any atom is -0.497 e. The van der Waals surface area contributed by atoms with Gasteiger partial charge < -0.3 is 10.1 Å². The van der Waals surface area contributed by atoms with Gasteiger partial charge in [0.05, 0.1) is 7.11 Å². The molecule has 1 N–H and O–H groups in total. The lowest BCUT2D eigenvalue weighted by molar-refractivity contribution is 0.411. The molecule has 1 aromatic rings. The molecule has 0 amide bonds. The minimum absolute atomic E-state index is 0.514. The van der Waals surface area contributed by atoms with Gasteiger partial charge in [0.1, 0.15) is 5.75 Å². The average Bonchev–Trinajstić information content (AvgIpc) is 2.35. The molecule has 16 heavy (non-hydrogen) atoms. The van der Waals surface area contributed by atoms with E-state index in [1.807, 2.05) is 6.07 Å². The largest absolute Gasteiger partial charge is 0.497 e. The average molecular weight is 221 g/mol. The number of methoxy groups -OCH3 is 1. The molecule has 0 saturated carbocycles. The monoisotopic (exact) mass is 221 g/mol. The Balaban J connectivity index is 2.80. The van der Waals surface area contributed by atoms with E-state index in [9.17, 15) is 0 Å². The fourth-order valence-electron chi connectivity index (χ4n) is 2.09. The van der Waals surface area contributed by atoms with E-state index in [4.69, 9.17) is 4.74 Å². The standard InChI is InChI=1S/C14H23NO/c1-5-14(15-6-2)11(3)12-8-7-9-13(10-12)16-4/h7-11,14-15H,5-6H2,1-4H3. The molecule has 2 nitrogen and oxygen atoms in total. The summed E-state index contributed by atoms with van der Waals surface area (Å²) in [4.78, 5) is 0. The van der Waals surface area contributed by atoms with E-state index in [0.717, 1.165) is 18.7 Å². The zero-order valence-corrected chi connectivity index (χ0v) is 10.8. The summed E-state index contributed by atoms with van der Waals surface area (Å²) in [5, 5.41) is 3.53. The molecule has 0 aliphatic rings. The van der Waals surface area contributed by atoms with Crippen molar-refractivity contribution >= 4 is 0 Å². The van der Waals surface area contributed by atoms with Gasteiger partial charge in [-0.2, -0.15) is 0 Å². The molecule has 0 aliphatic heterocycles. The zero-order chi connectivity index (χ0) is 12.0. The van der Waals surface area contributed by atoms with E-state index in [2.05, 4.69) is 44.3 Å². The molecular weight excluding hydrogens is 198 g/mol. The highest BCUT2D eigenvalue weighted by atomic mass is 16.5. The van der Waals surface area contributed by atoms with Crippen molar-refractivity contribution in [3.05, 3.63) is 29.8 Å². The first-order valence-electron chi connectivity index (χ1n) is 6.10. The van der Waals surface area contributed by atoms with E-state index < -0.39 is 0 Å². The van der Waals surface area contributed by atoms with Crippen LogP contribution in [0.5, 0.6) is 5.75 Å². The van der Waals surface area contributed by atoms with E-state index >= 15 is 0 Å². The van der Waals surface area contributed by atoms with Crippen molar-refractivity contribution in [3.63, 3.8) is 0 Å². The van der Waals surface area contributed by atoms with Crippen molar-refractivity contribution in [2.75, 3.05) is 13.7 Å². The Hall–Kier alpha value is -1.02. The summed E-state index contributed by atoms with van der Waals surface area (Å²) in [5.74, 6) is 1.45. The number of ether oxygens (including phenoxy) is 1. The molecular formula is C14H23NO. The van der Waals surface area contributed by atoms with Crippen LogP contribution in [0.2, 0.25) is 0 Å². The van der Waals surface area contributed by atoms with Crippen LogP contribution in [0.15, 0.2) is 24.3 Å². The molecule has 2 unspecified atom stereocenters. The van der Waals surface area contributed by atoms with Gasteiger partial charge >= 0.3 is 0 Å². The van der Waals surface area contributed by atoms with Gasteiger partial charge in [-0.15, -0.1) is 0 Å².